The number of carbonyl (C=O) groups is 1. The molecule has 0 aromatic heterocycles. The zero-order chi connectivity index (χ0) is 13.7. The Morgan fingerprint density at radius 2 is 2.17 bits per heavy atom. The number of benzene rings is 1. The Bertz CT molecular complexity index is 475. The van der Waals surface area contributed by atoms with Crippen molar-refractivity contribution in [1.82, 2.24) is 0 Å². The molecule has 0 unspecified atom stereocenters. The van der Waals surface area contributed by atoms with Gasteiger partial charge in [-0.3, -0.25) is 10.1 Å². The van der Waals surface area contributed by atoms with Gasteiger partial charge in [-0.15, -0.1) is 11.6 Å². The summed E-state index contributed by atoms with van der Waals surface area (Å²) < 4.78 is 9.76. The van der Waals surface area contributed by atoms with Crippen LogP contribution < -0.4 is 4.74 Å². The molecule has 0 bridgehead atoms. The summed E-state index contributed by atoms with van der Waals surface area (Å²) in [6.07, 6.45) is 0. The molecule has 0 saturated carbocycles. The Kier molecular flexibility index (Phi) is 4.91. The molecule has 0 aliphatic carbocycles. The first-order valence-corrected chi connectivity index (χ1v) is 5.67. The van der Waals surface area contributed by atoms with E-state index < -0.39 is 10.9 Å². The second-order valence-electron chi connectivity index (χ2n) is 3.30. The van der Waals surface area contributed by atoms with E-state index in [9.17, 15) is 14.9 Å². The molecular weight excluding hydrogens is 262 g/mol. The molecule has 6 nitrogen and oxygen atoms in total. The minimum absolute atomic E-state index is 0.0818. The monoisotopic (exact) mass is 273 g/mol. The largest absolute Gasteiger partial charge is 0.496 e. The number of ether oxygens (including phenoxy) is 2. The lowest BCUT2D eigenvalue weighted by Gasteiger charge is -2.09. The van der Waals surface area contributed by atoms with Gasteiger partial charge in [0.2, 0.25) is 0 Å². The van der Waals surface area contributed by atoms with Crippen molar-refractivity contribution in [3.63, 3.8) is 0 Å². The van der Waals surface area contributed by atoms with Crippen molar-refractivity contribution in [3.8, 4) is 5.75 Å². The van der Waals surface area contributed by atoms with Gasteiger partial charge in [-0.1, -0.05) is 0 Å². The summed E-state index contributed by atoms with van der Waals surface area (Å²) in [5.41, 5.74) is -0.0741. The first-order valence-electron chi connectivity index (χ1n) is 5.13. The Morgan fingerprint density at radius 3 is 2.61 bits per heavy atom. The molecular formula is C11H12ClNO5. The van der Waals surface area contributed by atoms with Gasteiger partial charge < -0.3 is 9.47 Å². The van der Waals surface area contributed by atoms with E-state index >= 15 is 0 Å². The number of methoxy groups -OCH3 is 1. The topological polar surface area (TPSA) is 78.7 Å². The SMILES string of the molecule is CCOC(=O)c1c(OC)cc(CCl)cc1[N+](=O)[O-]. The molecule has 1 aromatic rings. The molecule has 98 valence electrons. The van der Waals surface area contributed by atoms with E-state index in [-0.39, 0.29) is 29.5 Å². The second kappa shape index (κ2) is 6.20. The fraction of sp³-hybridized carbons (Fsp3) is 0.364. The van der Waals surface area contributed by atoms with Crippen LogP contribution in [-0.4, -0.2) is 24.6 Å². The molecule has 0 N–H and O–H groups in total. The van der Waals surface area contributed by atoms with Crippen LogP contribution in [0.3, 0.4) is 0 Å². The van der Waals surface area contributed by atoms with Crippen molar-refractivity contribution in [2.24, 2.45) is 0 Å². The number of alkyl halides is 1. The zero-order valence-corrected chi connectivity index (χ0v) is 10.7. The van der Waals surface area contributed by atoms with Crippen molar-refractivity contribution in [1.29, 1.82) is 0 Å². The van der Waals surface area contributed by atoms with Crippen molar-refractivity contribution < 1.29 is 19.2 Å². The number of rotatable bonds is 5. The van der Waals surface area contributed by atoms with Crippen LogP contribution in [0.5, 0.6) is 5.75 Å². The third-order valence-corrected chi connectivity index (χ3v) is 2.50. The molecule has 0 amide bonds. The molecule has 0 aliphatic heterocycles. The number of carbonyl (C=O) groups excluding carboxylic acids is 1. The number of hydrogen-bond donors (Lipinski definition) is 0. The molecule has 0 atom stereocenters. The third kappa shape index (κ3) is 2.89. The average molecular weight is 274 g/mol. The minimum atomic E-state index is -0.790. The lowest BCUT2D eigenvalue weighted by atomic mass is 10.1. The predicted molar refractivity (Wildman–Crippen MR) is 65.2 cm³/mol. The number of esters is 1. The van der Waals surface area contributed by atoms with Gasteiger partial charge in [0.25, 0.3) is 5.69 Å². The van der Waals surface area contributed by atoms with Gasteiger partial charge in [0, 0.05) is 11.9 Å². The quantitative estimate of drug-likeness (QED) is 0.356. The summed E-state index contributed by atoms with van der Waals surface area (Å²) in [4.78, 5) is 22.0. The number of nitro groups is 1. The van der Waals surface area contributed by atoms with Crippen molar-refractivity contribution in [3.05, 3.63) is 33.4 Å². The first-order chi connectivity index (χ1) is 8.54. The summed E-state index contributed by atoms with van der Waals surface area (Å²) in [6, 6.07) is 2.72. The third-order valence-electron chi connectivity index (χ3n) is 2.19. The summed E-state index contributed by atoms with van der Waals surface area (Å²) in [7, 11) is 1.32. The number of nitro benzene ring substituents is 1. The van der Waals surface area contributed by atoms with Crippen LogP contribution in [-0.2, 0) is 10.6 Å². The van der Waals surface area contributed by atoms with Gasteiger partial charge in [0.1, 0.15) is 5.75 Å². The normalized spacial score (nSPS) is 9.94. The van der Waals surface area contributed by atoms with Gasteiger partial charge in [-0.25, -0.2) is 4.79 Å². The molecule has 0 radical (unpaired) electrons. The Hall–Kier alpha value is -1.82. The Morgan fingerprint density at radius 1 is 1.50 bits per heavy atom. The lowest BCUT2D eigenvalue weighted by Crippen LogP contribution is -2.10. The molecule has 18 heavy (non-hydrogen) atoms. The predicted octanol–water partition coefficient (Wildman–Crippen LogP) is 2.52. The van der Waals surface area contributed by atoms with Gasteiger partial charge in [0.15, 0.2) is 5.56 Å². The molecule has 7 heteroatoms. The smallest absolute Gasteiger partial charge is 0.349 e. The maximum Gasteiger partial charge on any atom is 0.349 e. The number of hydrogen-bond acceptors (Lipinski definition) is 5. The number of halogens is 1. The van der Waals surface area contributed by atoms with Crippen molar-refractivity contribution in [2.75, 3.05) is 13.7 Å². The number of nitrogens with zero attached hydrogens (tertiary/aromatic N) is 1. The van der Waals surface area contributed by atoms with E-state index in [4.69, 9.17) is 21.1 Å². The van der Waals surface area contributed by atoms with Crippen LogP contribution in [0.2, 0.25) is 0 Å². The Balaban J connectivity index is 3.44. The van der Waals surface area contributed by atoms with Crippen LogP contribution in [0.1, 0.15) is 22.8 Å². The average Bonchev–Trinajstić information content (AvgIpc) is 2.37. The standard InChI is InChI=1S/C11H12ClNO5/c1-3-18-11(14)10-8(13(15)16)4-7(6-12)5-9(10)17-2/h4-5H,3,6H2,1-2H3. The summed E-state index contributed by atoms with van der Waals surface area (Å²) >= 11 is 5.63. The van der Waals surface area contributed by atoms with E-state index in [0.29, 0.717) is 5.56 Å². The highest BCUT2D eigenvalue weighted by molar-refractivity contribution is 6.17. The van der Waals surface area contributed by atoms with Crippen LogP contribution >= 0.6 is 11.6 Å². The molecule has 0 aliphatic rings. The van der Waals surface area contributed by atoms with Crippen LogP contribution in [0, 0.1) is 10.1 Å². The molecule has 1 rings (SSSR count). The van der Waals surface area contributed by atoms with E-state index in [0.717, 1.165) is 0 Å². The maximum absolute atomic E-state index is 11.7. The maximum atomic E-state index is 11.7. The van der Waals surface area contributed by atoms with Crippen LogP contribution in [0.25, 0.3) is 0 Å². The van der Waals surface area contributed by atoms with E-state index in [1.165, 1.54) is 19.2 Å². The summed E-state index contributed by atoms with van der Waals surface area (Å²) in [5, 5.41) is 11.0. The highest BCUT2D eigenvalue weighted by Crippen LogP contribution is 2.31. The van der Waals surface area contributed by atoms with Gasteiger partial charge in [-0.2, -0.15) is 0 Å². The van der Waals surface area contributed by atoms with Crippen LogP contribution in [0.4, 0.5) is 5.69 Å². The van der Waals surface area contributed by atoms with E-state index in [1.807, 2.05) is 0 Å². The zero-order valence-electron chi connectivity index (χ0n) is 9.94. The van der Waals surface area contributed by atoms with Crippen molar-refractivity contribution >= 4 is 23.3 Å². The highest BCUT2D eigenvalue weighted by Gasteiger charge is 2.27. The van der Waals surface area contributed by atoms with E-state index in [2.05, 4.69) is 0 Å². The van der Waals surface area contributed by atoms with Gasteiger partial charge in [-0.05, 0) is 18.6 Å². The fourth-order valence-electron chi connectivity index (χ4n) is 1.45. The lowest BCUT2D eigenvalue weighted by molar-refractivity contribution is -0.385. The fourth-order valence-corrected chi connectivity index (χ4v) is 1.60. The minimum Gasteiger partial charge on any atom is -0.496 e. The first kappa shape index (κ1) is 14.2. The van der Waals surface area contributed by atoms with Gasteiger partial charge in [0.05, 0.1) is 18.6 Å². The second-order valence-corrected chi connectivity index (χ2v) is 3.57. The molecule has 1 aromatic carbocycles. The van der Waals surface area contributed by atoms with E-state index in [1.54, 1.807) is 6.92 Å². The molecule has 0 fully saturated rings. The summed E-state index contributed by atoms with van der Waals surface area (Å²) in [5.74, 6) is -0.624. The Labute approximate surface area is 109 Å². The van der Waals surface area contributed by atoms with Crippen LogP contribution in [0.15, 0.2) is 12.1 Å². The molecule has 0 saturated heterocycles. The van der Waals surface area contributed by atoms with Crippen molar-refractivity contribution in [2.45, 2.75) is 12.8 Å². The van der Waals surface area contributed by atoms with Gasteiger partial charge >= 0.3 is 5.97 Å². The molecule has 0 heterocycles. The summed E-state index contributed by atoms with van der Waals surface area (Å²) in [6.45, 7) is 1.74. The highest BCUT2D eigenvalue weighted by atomic mass is 35.5. The molecule has 0 spiro atoms.